The number of likely N-dealkylation sites (N-methyl/N-ethyl adjacent to an activating group) is 1. The lowest BCUT2D eigenvalue weighted by atomic mass is 10.3. The van der Waals surface area contributed by atoms with Gasteiger partial charge in [-0.3, -0.25) is 10.1 Å². The Kier molecular flexibility index (Phi) is 6.37. The van der Waals surface area contributed by atoms with E-state index in [1.54, 1.807) is 12.1 Å². The number of aliphatic hydroxyl groups excluding tert-OH is 2. The topological polar surface area (TPSA) is 92.8 Å². The number of nitrogens with zero attached hydrogens (tertiary/aromatic N) is 2. The Morgan fingerprint density at radius 2 is 1.70 bits per heavy atom. The van der Waals surface area contributed by atoms with Crippen molar-refractivity contribution in [1.29, 1.82) is 0 Å². The Balaban J connectivity index is 2.48. The first-order valence-corrected chi connectivity index (χ1v) is 6.43. The minimum atomic E-state index is -0.458. The zero-order valence-electron chi connectivity index (χ0n) is 11.6. The molecule has 0 bridgehead atoms. The third-order valence-electron chi connectivity index (χ3n) is 3.23. The van der Waals surface area contributed by atoms with Crippen molar-refractivity contribution in [1.82, 2.24) is 0 Å². The van der Waals surface area contributed by atoms with E-state index in [4.69, 9.17) is 14.9 Å². The molecule has 1 aromatic carbocycles. The molecule has 1 aromatic rings. The molecule has 0 fully saturated rings. The van der Waals surface area contributed by atoms with Crippen LogP contribution in [0.1, 0.15) is 0 Å². The molecular formula is C13H21N2O5+. The Morgan fingerprint density at radius 1 is 1.15 bits per heavy atom. The monoisotopic (exact) mass is 285 g/mol. The number of quaternary nitrogens is 1. The van der Waals surface area contributed by atoms with Crippen LogP contribution in [0.3, 0.4) is 0 Å². The first-order valence-electron chi connectivity index (χ1n) is 6.43. The van der Waals surface area contributed by atoms with Crippen LogP contribution in [0.15, 0.2) is 24.3 Å². The van der Waals surface area contributed by atoms with Crippen molar-refractivity contribution in [3.8, 4) is 5.75 Å². The van der Waals surface area contributed by atoms with Crippen molar-refractivity contribution in [3.63, 3.8) is 0 Å². The number of nitro benzene ring substituents is 1. The van der Waals surface area contributed by atoms with E-state index in [1.807, 2.05) is 7.05 Å². The molecule has 0 saturated heterocycles. The Labute approximate surface area is 117 Å². The van der Waals surface area contributed by atoms with Gasteiger partial charge in [0.15, 0.2) is 0 Å². The minimum Gasteiger partial charge on any atom is -0.488 e. The van der Waals surface area contributed by atoms with Gasteiger partial charge in [-0.1, -0.05) is 0 Å². The number of aliphatic hydroxyl groups is 2. The number of hydrogen-bond acceptors (Lipinski definition) is 5. The normalized spacial score (nSPS) is 11.3. The second-order valence-electron chi connectivity index (χ2n) is 4.84. The Bertz CT molecular complexity index is 415. The fourth-order valence-electron chi connectivity index (χ4n) is 1.87. The van der Waals surface area contributed by atoms with Gasteiger partial charge in [-0.05, 0) is 12.1 Å². The molecule has 0 atom stereocenters. The summed E-state index contributed by atoms with van der Waals surface area (Å²) >= 11 is 0. The first-order chi connectivity index (χ1) is 9.50. The van der Waals surface area contributed by atoms with E-state index in [0.717, 1.165) is 0 Å². The van der Waals surface area contributed by atoms with Crippen molar-refractivity contribution in [2.24, 2.45) is 0 Å². The van der Waals surface area contributed by atoms with E-state index in [-0.39, 0.29) is 18.9 Å². The van der Waals surface area contributed by atoms with Gasteiger partial charge in [0.1, 0.15) is 32.0 Å². The predicted molar refractivity (Wildman–Crippen MR) is 73.5 cm³/mol. The zero-order chi connectivity index (χ0) is 15.0. The van der Waals surface area contributed by atoms with Crippen LogP contribution in [0, 0.1) is 10.1 Å². The third-order valence-corrected chi connectivity index (χ3v) is 3.23. The maximum Gasteiger partial charge on any atom is 0.269 e. The van der Waals surface area contributed by atoms with Gasteiger partial charge in [0, 0.05) is 12.1 Å². The molecule has 0 aliphatic heterocycles. The number of hydrogen-bond donors (Lipinski definition) is 2. The van der Waals surface area contributed by atoms with E-state index in [9.17, 15) is 10.1 Å². The van der Waals surface area contributed by atoms with Gasteiger partial charge in [0.05, 0.1) is 25.2 Å². The van der Waals surface area contributed by atoms with Crippen LogP contribution in [0.25, 0.3) is 0 Å². The summed E-state index contributed by atoms with van der Waals surface area (Å²) in [5.41, 5.74) is 0.0264. The molecule has 0 aliphatic rings. The summed E-state index contributed by atoms with van der Waals surface area (Å²) in [7, 11) is 1.94. The molecule has 20 heavy (non-hydrogen) atoms. The summed E-state index contributed by atoms with van der Waals surface area (Å²) < 4.78 is 6.04. The van der Waals surface area contributed by atoms with E-state index in [2.05, 4.69) is 0 Å². The fourth-order valence-corrected chi connectivity index (χ4v) is 1.87. The van der Waals surface area contributed by atoms with E-state index in [1.165, 1.54) is 12.1 Å². The number of ether oxygens (including phenoxy) is 1. The van der Waals surface area contributed by atoms with Gasteiger partial charge >= 0.3 is 0 Å². The van der Waals surface area contributed by atoms with E-state index >= 15 is 0 Å². The number of nitro groups is 1. The van der Waals surface area contributed by atoms with Crippen molar-refractivity contribution in [3.05, 3.63) is 34.4 Å². The smallest absolute Gasteiger partial charge is 0.269 e. The molecule has 0 saturated carbocycles. The van der Waals surface area contributed by atoms with Gasteiger partial charge in [-0.25, -0.2) is 0 Å². The molecule has 0 unspecified atom stereocenters. The molecule has 0 spiro atoms. The van der Waals surface area contributed by atoms with Crippen molar-refractivity contribution >= 4 is 5.69 Å². The molecule has 0 aromatic heterocycles. The quantitative estimate of drug-likeness (QED) is 0.389. The number of benzene rings is 1. The Hall–Kier alpha value is -1.70. The highest BCUT2D eigenvalue weighted by atomic mass is 16.6. The molecule has 0 heterocycles. The fraction of sp³-hybridized carbons (Fsp3) is 0.538. The molecule has 112 valence electrons. The molecular weight excluding hydrogens is 264 g/mol. The summed E-state index contributed by atoms with van der Waals surface area (Å²) in [5.74, 6) is 0.565. The average Bonchev–Trinajstić information content (AvgIpc) is 2.39. The SMILES string of the molecule is C[N+](CCO)(CCO)CCOc1ccc([N+](=O)[O-])cc1. The van der Waals surface area contributed by atoms with Crippen molar-refractivity contribution < 1.29 is 24.4 Å². The Morgan fingerprint density at radius 3 is 2.15 bits per heavy atom. The highest BCUT2D eigenvalue weighted by Gasteiger charge is 2.20. The summed E-state index contributed by atoms with van der Waals surface area (Å²) in [4.78, 5) is 10.1. The maximum absolute atomic E-state index is 10.5. The van der Waals surface area contributed by atoms with Crippen molar-refractivity contribution in [2.75, 3.05) is 46.5 Å². The van der Waals surface area contributed by atoms with Crippen LogP contribution >= 0.6 is 0 Å². The summed E-state index contributed by atoms with van der Waals surface area (Å²) in [5, 5.41) is 28.6. The third kappa shape index (κ3) is 5.12. The molecule has 0 aliphatic carbocycles. The van der Waals surface area contributed by atoms with Crippen LogP contribution in [0.2, 0.25) is 0 Å². The molecule has 2 N–H and O–H groups in total. The van der Waals surface area contributed by atoms with Gasteiger partial charge in [-0.2, -0.15) is 0 Å². The maximum atomic E-state index is 10.5. The highest BCUT2D eigenvalue weighted by molar-refractivity contribution is 5.35. The summed E-state index contributed by atoms with van der Waals surface area (Å²) in [6, 6.07) is 5.90. The molecule has 0 radical (unpaired) electrons. The lowest BCUT2D eigenvalue weighted by Gasteiger charge is -2.33. The zero-order valence-corrected chi connectivity index (χ0v) is 11.6. The number of non-ortho nitro benzene ring substituents is 1. The van der Waals surface area contributed by atoms with Gasteiger partial charge in [-0.15, -0.1) is 0 Å². The molecule has 7 nitrogen and oxygen atoms in total. The molecule has 1 rings (SSSR count). The second kappa shape index (κ2) is 7.78. The van der Waals surface area contributed by atoms with E-state index < -0.39 is 4.92 Å². The number of rotatable bonds is 9. The summed E-state index contributed by atoms with van der Waals surface area (Å²) in [6.45, 7) is 2.24. The van der Waals surface area contributed by atoms with Crippen LogP contribution in [0.5, 0.6) is 5.75 Å². The van der Waals surface area contributed by atoms with Crippen LogP contribution < -0.4 is 4.74 Å². The predicted octanol–water partition coefficient (Wildman–Crippen LogP) is 0.405. The lowest BCUT2D eigenvalue weighted by Crippen LogP contribution is -2.50. The highest BCUT2D eigenvalue weighted by Crippen LogP contribution is 2.17. The minimum absolute atomic E-state index is 0.0264. The second-order valence-corrected chi connectivity index (χ2v) is 4.84. The van der Waals surface area contributed by atoms with E-state index in [0.29, 0.717) is 36.5 Å². The molecule has 7 heteroatoms. The van der Waals surface area contributed by atoms with Gasteiger partial charge < -0.3 is 19.4 Å². The summed E-state index contributed by atoms with van der Waals surface area (Å²) in [6.07, 6.45) is 0. The van der Waals surface area contributed by atoms with Gasteiger partial charge in [0.25, 0.3) is 5.69 Å². The van der Waals surface area contributed by atoms with Crippen LogP contribution in [-0.4, -0.2) is 66.1 Å². The standard InChI is InChI=1S/C13H21N2O5/c1-15(6-9-16,7-10-17)8-11-20-13-4-2-12(3-5-13)14(18)19/h2-5,16-17H,6-11H2,1H3/q+1. The van der Waals surface area contributed by atoms with Crippen LogP contribution in [-0.2, 0) is 0 Å². The first kappa shape index (κ1) is 16.4. The lowest BCUT2D eigenvalue weighted by molar-refractivity contribution is -0.910. The van der Waals surface area contributed by atoms with Gasteiger partial charge in [0.2, 0.25) is 0 Å². The molecule has 0 amide bonds. The van der Waals surface area contributed by atoms with Crippen LogP contribution in [0.4, 0.5) is 5.69 Å². The largest absolute Gasteiger partial charge is 0.488 e. The average molecular weight is 285 g/mol. The van der Waals surface area contributed by atoms with Crippen molar-refractivity contribution in [2.45, 2.75) is 0 Å².